The number of terminal acetylenes is 1. The monoisotopic (exact) mass is 408 g/mol. The van der Waals surface area contributed by atoms with Crippen LogP contribution < -0.4 is 9.54 Å². The van der Waals surface area contributed by atoms with E-state index in [1.807, 2.05) is 0 Å². The number of ether oxygens (including phenoxy) is 1. The number of hydrogen-bond donors (Lipinski definition) is 0. The van der Waals surface area contributed by atoms with Crippen LogP contribution in [-0.4, -0.2) is 17.1 Å². The van der Waals surface area contributed by atoms with Crippen LogP contribution in [-0.2, 0) is 11.3 Å². The summed E-state index contributed by atoms with van der Waals surface area (Å²) >= 11 is 13.0. The van der Waals surface area contributed by atoms with Gasteiger partial charge in [0.2, 0.25) is 0 Å². The molecule has 0 saturated carbocycles. The Labute approximate surface area is 162 Å². The molecule has 0 spiro atoms. The summed E-state index contributed by atoms with van der Waals surface area (Å²) in [5, 5.41) is 0.748. The predicted octanol–water partition coefficient (Wildman–Crippen LogP) is 4.29. The topological polar surface area (TPSA) is 43.6 Å². The van der Waals surface area contributed by atoms with E-state index < -0.39 is 11.7 Å². The highest BCUT2D eigenvalue weighted by Crippen LogP contribution is 2.27. The lowest BCUT2D eigenvalue weighted by atomic mass is 10.3. The molecule has 1 heterocycles. The second-order valence-electron chi connectivity index (χ2n) is 5.13. The minimum absolute atomic E-state index is 0.0942. The molecule has 0 aliphatic heterocycles. The molecular weight excluding hydrogens is 398 g/mol. The first kappa shape index (κ1) is 18.5. The predicted molar refractivity (Wildman–Crippen MR) is 101 cm³/mol. The number of halogens is 3. The molecule has 8 heteroatoms. The van der Waals surface area contributed by atoms with Crippen molar-refractivity contribution < 1.29 is 13.9 Å². The lowest BCUT2D eigenvalue weighted by molar-refractivity contribution is -0.120. The van der Waals surface area contributed by atoms with E-state index >= 15 is 0 Å². The maximum Gasteiger partial charge on any atom is 0.286 e. The molecule has 132 valence electrons. The third-order valence-electron chi connectivity index (χ3n) is 3.37. The molecule has 3 rings (SSSR count). The van der Waals surface area contributed by atoms with Gasteiger partial charge in [-0.15, -0.1) is 6.42 Å². The highest BCUT2D eigenvalue weighted by molar-refractivity contribution is 7.16. The van der Waals surface area contributed by atoms with E-state index in [2.05, 4.69) is 10.9 Å². The zero-order valence-corrected chi connectivity index (χ0v) is 15.5. The minimum Gasteiger partial charge on any atom is -0.482 e. The number of fused-ring (bicyclic) bond motifs is 1. The van der Waals surface area contributed by atoms with Gasteiger partial charge in [-0.2, -0.15) is 4.99 Å². The summed E-state index contributed by atoms with van der Waals surface area (Å²) in [5.74, 6) is 1.79. The molecular formula is C18H11Cl2FN2O2S. The van der Waals surface area contributed by atoms with Gasteiger partial charge in [0.05, 0.1) is 21.8 Å². The Morgan fingerprint density at radius 3 is 2.88 bits per heavy atom. The smallest absolute Gasteiger partial charge is 0.286 e. The van der Waals surface area contributed by atoms with Crippen LogP contribution in [0.15, 0.2) is 41.4 Å². The van der Waals surface area contributed by atoms with E-state index in [1.54, 1.807) is 24.3 Å². The van der Waals surface area contributed by atoms with Crippen LogP contribution in [0.25, 0.3) is 10.2 Å². The fourth-order valence-electron chi connectivity index (χ4n) is 2.28. The van der Waals surface area contributed by atoms with Gasteiger partial charge in [0.1, 0.15) is 11.6 Å². The average molecular weight is 409 g/mol. The van der Waals surface area contributed by atoms with Crippen LogP contribution in [0.1, 0.15) is 0 Å². The van der Waals surface area contributed by atoms with Crippen LogP contribution in [0, 0.1) is 18.2 Å². The second-order valence-corrected chi connectivity index (χ2v) is 6.98. The third kappa shape index (κ3) is 3.91. The molecule has 0 fully saturated rings. The molecule has 0 unspecified atom stereocenters. The highest BCUT2D eigenvalue weighted by Gasteiger charge is 2.12. The maximum atomic E-state index is 14.1. The zero-order valence-electron chi connectivity index (χ0n) is 13.2. The number of amides is 1. The lowest BCUT2D eigenvalue weighted by Crippen LogP contribution is -2.19. The van der Waals surface area contributed by atoms with E-state index in [9.17, 15) is 9.18 Å². The first-order valence-corrected chi connectivity index (χ1v) is 8.93. The normalized spacial score (nSPS) is 11.5. The zero-order chi connectivity index (χ0) is 18.7. The van der Waals surface area contributed by atoms with Crippen molar-refractivity contribution in [3.63, 3.8) is 0 Å². The number of para-hydroxylation sites is 1. The first-order valence-electron chi connectivity index (χ1n) is 7.36. The van der Waals surface area contributed by atoms with Crippen LogP contribution in [0.3, 0.4) is 0 Å². The Kier molecular flexibility index (Phi) is 5.62. The van der Waals surface area contributed by atoms with E-state index in [4.69, 9.17) is 34.4 Å². The van der Waals surface area contributed by atoms with Crippen molar-refractivity contribution in [1.29, 1.82) is 0 Å². The number of carbonyl (C=O) groups is 1. The van der Waals surface area contributed by atoms with Gasteiger partial charge in [-0.1, -0.05) is 46.5 Å². The third-order valence-corrected chi connectivity index (χ3v) is 4.94. The molecule has 0 saturated heterocycles. The van der Waals surface area contributed by atoms with Gasteiger partial charge in [-0.25, -0.2) is 4.39 Å². The van der Waals surface area contributed by atoms with Crippen molar-refractivity contribution in [3.8, 4) is 18.1 Å². The number of thiazole rings is 1. The molecule has 0 aliphatic carbocycles. The number of hydrogen-bond acceptors (Lipinski definition) is 3. The standard InChI is InChI=1S/C18H11Cl2FN2O2S/c1-2-8-23-17-13(21)4-3-5-15(17)26-18(23)22-16(24)10-25-14-7-6-11(19)9-12(14)20/h1,3-7,9H,8,10H2. The number of aromatic nitrogens is 1. The minimum atomic E-state index is -0.547. The van der Waals surface area contributed by atoms with Crippen molar-refractivity contribution in [2.24, 2.45) is 4.99 Å². The summed E-state index contributed by atoms with van der Waals surface area (Å²) in [5.41, 5.74) is 0.323. The molecule has 0 radical (unpaired) electrons. The van der Waals surface area contributed by atoms with Gasteiger partial charge in [0.25, 0.3) is 5.91 Å². The van der Waals surface area contributed by atoms with Gasteiger partial charge in [-0.3, -0.25) is 4.79 Å². The van der Waals surface area contributed by atoms with Crippen LogP contribution >= 0.6 is 34.5 Å². The molecule has 0 aliphatic rings. The van der Waals surface area contributed by atoms with Crippen LogP contribution in [0.2, 0.25) is 10.0 Å². The highest BCUT2D eigenvalue weighted by atomic mass is 35.5. The van der Waals surface area contributed by atoms with Gasteiger partial charge >= 0.3 is 0 Å². The fraction of sp³-hybridized carbons (Fsp3) is 0.111. The van der Waals surface area contributed by atoms with Crippen LogP contribution in [0.4, 0.5) is 4.39 Å². The van der Waals surface area contributed by atoms with Crippen molar-refractivity contribution in [1.82, 2.24) is 4.57 Å². The summed E-state index contributed by atoms with van der Waals surface area (Å²) in [6.07, 6.45) is 5.36. The van der Waals surface area contributed by atoms with Gasteiger partial charge in [0.15, 0.2) is 11.4 Å². The van der Waals surface area contributed by atoms with Gasteiger partial charge in [-0.05, 0) is 30.3 Å². The summed E-state index contributed by atoms with van der Waals surface area (Å²) < 4.78 is 21.6. The molecule has 1 aromatic heterocycles. The summed E-state index contributed by atoms with van der Waals surface area (Å²) in [6, 6.07) is 9.33. The van der Waals surface area contributed by atoms with E-state index in [0.29, 0.717) is 25.8 Å². The summed E-state index contributed by atoms with van der Waals surface area (Å²) in [6.45, 7) is -0.231. The van der Waals surface area contributed by atoms with Gasteiger partial charge in [0, 0.05) is 5.02 Å². The number of rotatable bonds is 4. The average Bonchev–Trinajstić information content (AvgIpc) is 2.93. The van der Waals surface area contributed by atoms with E-state index in [1.165, 1.54) is 28.0 Å². The number of nitrogens with zero attached hydrogens (tertiary/aromatic N) is 2. The largest absolute Gasteiger partial charge is 0.482 e. The molecule has 0 atom stereocenters. The van der Waals surface area contributed by atoms with Crippen molar-refractivity contribution >= 4 is 50.7 Å². The Balaban J connectivity index is 1.89. The second kappa shape index (κ2) is 7.92. The van der Waals surface area contributed by atoms with E-state index in [0.717, 1.165) is 0 Å². The van der Waals surface area contributed by atoms with Crippen molar-refractivity contribution in [2.45, 2.75) is 6.54 Å². The molecule has 0 bridgehead atoms. The molecule has 4 nitrogen and oxygen atoms in total. The van der Waals surface area contributed by atoms with Crippen LogP contribution in [0.5, 0.6) is 5.75 Å². The Bertz CT molecular complexity index is 1100. The molecule has 3 aromatic rings. The SMILES string of the molecule is C#CCn1c(=NC(=O)COc2ccc(Cl)cc2Cl)sc2cccc(F)c21. The quantitative estimate of drug-likeness (QED) is 0.604. The lowest BCUT2D eigenvalue weighted by Gasteiger charge is -2.05. The first-order chi connectivity index (χ1) is 12.5. The molecule has 0 N–H and O–H groups in total. The Morgan fingerprint density at radius 1 is 1.35 bits per heavy atom. The molecule has 2 aromatic carbocycles. The molecule has 1 amide bonds. The van der Waals surface area contributed by atoms with Crippen molar-refractivity contribution in [2.75, 3.05) is 6.61 Å². The number of carbonyl (C=O) groups excluding carboxylic acids is 1. The fourth-order valence-corrected chi connectivity index (χ4v) is 3.81. The summed E-state index contributed by atoms with van der Waals surface area (Å²) in [4.78, 5) is 16.5. The number of benzene rings is 2. The van der Waals surface area contributed by atoms with Gasteiger partial charge < -0.3 is 9.30 Å². The Morgan fingerprint density at radius 2 is 2.15 bits per heavy atom. The maximum absolute atomic E-state index is 14.1. The summed E-state index contributed by atoms with van der Waals surface area (Å²) in [7, 11) is 0. The molecule has 26 heavy (non-hydrogen) atoms. The van der Waals surface area contributed by atoms with Crippen molar-refractivity contribution in [3.05, 3.63) is 57.1 Å². The van der Waals surface area contributed by atoms with E-state index in [-0.39, 0.29) is 18.2 Å². The Hall–Kier alpha value is -2.33.